The van der Waals surface area contributed by atoms with Crippen LogP contribution in [0.2, 0.25) is 0 Å². The number of hydrogen-bond donors (Lipinski definition) is 1. The molecule has 1 unspecified atom stereocenters. The van der Waals surface area contributed by atoms with Crippen molar-refractivity contribution in [2.45, 2.75) is 19.9 Å². The molecule has 0 fully saturated rings. The summed E-state index contributed by atoms with van der Waals surface area (Å²) < 4.78 is 0. The minimum Gasteiger partial charge on any atom is -0.480 e. The molecule has 1 atom stereocenters. The molecule has 0 spiro atoms. The fraction of sp³-hybridized carbons (Fsp3) is 0.571. The molecule has 0 radical (unpaired) electrons. The monoisotopic (exact) mass is 170 g/mol. The number of hydrazone groups is 1. The van der Waals surface area contributed by atoms with Gasteiger partial charge in [0.2, 0.25) is 0 Å². The van der Waals surface area contributed by atoms with Gasteiger partial charge in [0.05, 0.1) is 0 Å². The number of carbonyl (C=O) groups is 2. The molecule has 0 aromatic rings. The predicted molar refractivity (Wildman–Crippen MR) is 41.6 cm³/mol. The molecule has 1 aliphatic rings. The highest BCUT2D eigenvalue weighted by molar-refractivity contribution is 6.12. The van der Waals surface area contributed by atoms with Crippen molar-refractivity contribution in [3.8, 4) is 0 Å². The number of carboxylic acids is 1. The molecule has 0 saturated carbocycles. The van der Waals surface area contributed by atoms with Crippen molar-refractivity contribution in [2.75, 3.05) is 0 Å². The minimum atomic E-state index is -1.15. The van der Waals surface area contributed by atoms with Gasteiger partial charge in [-0.25, -0.2) is 5.01 Å². The first-order chi connectivity index (χ1) is 5.54. The molecule has 1 heterocycles. The maximum Gasteiger partial charge on any atom is 0.321 e. The van der Waals surface area contributed by atoms with E-state index in [9.17, 15) is 9.59 Å². The number of aliphatic carboxylic acids is 1. The normalized spacial score (nSPS) is 22.4. The molecular weight excluding hydrogens is 160 g/mol. The molecule has 5 heteroatoms. The maximum atomic E-state index is 11.2. The van der Waals surface area contributed by atoms with Crippen LogP contribution in [0, 0.1) is 5.92 Å². The Morgan fingerprint density at radius 3 is 2.58 bits per heavy atom. The van der Waals surface area contributed by atoms with Crippen molar-refractivity contribution in [3.05, 3.63) is 0 Å². The van der Waals surface area contributed by atoms with Gasteiger partial charge in [0.25, 0.3) is 5.91 Å². The van der Waals surface area contributed by atoms with Crippen LogP contribution >= 0.6 is 0 Å². The van der Waals surface area contributed by atoms with E-state index in [1.54, 1.807) is 13.8 Å². The summed E-state index contributed by atoms with van der Waals surface area (Å²) in [5.74, 6) is -2.70. The number of hydrogen-bond acceptors (Lipinski definition) is 3. The van der Waals surface area contributed by atoms with Crippen molar-refractivity contribution < 1.29 is 14.7 Å². The van der Waals surface area contributed by atoms with Crippen molar-refractivity contribution in [1.29, 1.82) is 0 Å². The zero-order chi connectivity index (χ0) is 9.30. The molecule has 1 aliphatic heterocycles. The summed E-state index contributed by atoms with van der Waals surface area (Å²) in [5.41, 5.74) is 0. The Labute approximate surface area is 69.7 Å². The largest absolute Gasteiger partial charge is 0.480 e. The van der Waals surface area contributed by atoms with Gasteiger partial charge in [0.1, 0.15) is 0 Å². The fourth-order valence-electron chi connectivity index (χ4n) is 0.959. The molecule has 5 nitrogen and oxygen atoms in total. The molecule has 66 valence electrons. The fourth-order valence-corrected chi connectivity index (χ4v) is 0.959. The highest BCUT2D eigenvalue weighted by Gasteiger charge is 2.35. The number of rotatable bonds is 2. The van der Waals surface area contributed by atoms with Gasteiger partial charge in [-0.1, -0.05) is 0 Å². The van der Waals surface area contributed by atoms with Crippen molar-refractivity contribution in [1.82, 2.24) is 5.01 Å². The van der Waals surface area contributed by atoms with Crippen LogP contribution in [-0.2, 0) is 9.59 Å². The van der Waals surface area contributed by atoms with Gasteiger partial charge in [-0.2, -0.15) is 5.10 Å². The molecule has 1 N–H and O–H groups in total. The molecule has 0 bridgehead atoms. The summed E-state index contributed by atoms with van der Waals surface area (Å²) >= 11 is 0. The first-order valence-electron chi connectivity index (χ1n) is 3.64. The van der Waals surface area contributed by atoms with E-state index in [4.69, 9.17) is 5.11 Å². The van der Waals surface area contributed by atoms with Gasteiger partial charge in [-0.15, -0.1) is 0 Å². The van der Waals surface area contributed by atoms with Crippen molar-refractivity contribution >= 4 is 18.1 Å². The Balaban J connectivity index is 2.75. The van der Waals surface area contributed by atoms with E-state index in [0.29, 0.717) is 0 Å². The number of carboxylic acid groups (broad SMARTS) is 1. The first kappa shape index (κ1) is 8.70. The van der Waals surface area contributed by atoms with E-state index < -0.39 is 17.8 Å². The van der Waals surface area contributed by atoms with E-state index in [2.05, 4.69) is 5.10 Å². The number of carbonyl (C=O) groups excluding carboxylic acids is 1. The topological polar surface area (TPSA) is 70.0 Å². The number of nitrogens with zero attached hydrogens (tertiary/aromatic N) is 2. The van der Waals surface area contributed by atoms with Crippen LogP contribution in [0.5, 0.6) is 0 Å². The van der Waals surface area contributed by atoms with Crippen molar-refractivity contribution in [3.63, 3.8) is 0 Å². The van der Waals surface area contributed by atoms with Crippen LogP contribution in [0.3, 0.4) is 0 Å². The van der Waals surface area contributed by atoms with Crippen molar-refractivity contribution in [2.24, 2.45) is 11.0 Å². The quantitative estimate of drug-likeness (QED) is 0.589. The average Bonchev–Trinajstić information content (AvgIpc) is 2.30. The third kappa shape index (κ3) is 1.30. The molecule has 0 aliphatic carbocycles. The molecule has 12 heavy (non-hydrogen) atoms. The Bertz CT molecular complexity index is 247. The summed E-state index contributed by atoms with van der Waals surface area (Å²) in [6, 6.07) is -0.0851. The van der Waals surface area contributed by atoms with E-state index in [1.165, 1.54) is 5.01 Å². The van der Waals surface area contributed by atoms with Gasteiger partial charge in [0.15, 0.2) is 5.92 Å². The summed E-state index contributed by atoms with van der Waals surface area (Å²) in [6.07, 6.45) is 1.16. The lowest BCUT2D eigenvalue weighted by Gasteiger charge is -2.16. The van der Waals surface area contributed by atoms with E-state index in [0.717, 1.165) is 6.21 Å². The second-order valence-corrected chi connectivity index (χ2v) is 2.86. The second kappa shape index (κ2) is 2.92. The Morgan fingerprint density at radius 2 is 2.33 bits per heavy atom. The summed E-state index contributed by atoms with van der Waals surface area (Å²) in [4.78, 5) is 21.6. The third-order valence-corrected chi connectivity index (χ3v) is 1.59. The first-order valence-corrected chi connectivity index (χ1v) is 3.64. The van der Waals surface area contributed by atoms with Crippen LogP contribution in [0.25, 0.3) is 0 Å². The molecule has 0 aromatic heterocycles. The van der Waals surface area contributed by atoms with Gasteiger partial charge in [-0.05, 0) is 13.8 Å². The van der Waals surface area contributed by atoms with Crippen LogP contribution in [0.1, 0.15) is 13.8 Å². The summed E-state index contributed by atoms with van der Waals surface area (Å²) in [7, 11) is 0. The second-order valence-electron chi connectivity index (χ2n) is 2.86. The standard InChI is InChI=1S/C7H10N2O3/c1-4(2)9-6(10)5(3-8-9)7(11)12/h3-5H,1-2H3,(H,11,12). The van der Waals surface area contributed by atoms with Gasteiger partial charge < -0.3 is 5.11 Å². The Hall–Kier alpha value is -1.39. The highest BCUT2D eigenvalue weighted by Crippen LogP contribution is 2.13. The van der Waals surface area contributed by atoms with Gasteiger partial charge >= 0.3 is 5.97 Å². The SMILES string of the molecule is CC(C)N1N=CC(C(=O)O)C1=O. The molecule has 1 amide bonds. The Kier molecular flexibility index (Phi) is 2.12. The van der Waals surface area contributed by atoms with Crippen LogP contribution in [-0.4, -0.2) is 34.2 Å². The Morgan fingerprint density at radius 1 is 1.75 bits per heavy atom. The van der Waals surface area contributed by atoms with E-state index in [1.807, 2.05) is 0 Å². The minimum absolute atomic E-state index is 0.0851. The molecule has 0 saturated heterocycles. The lowest BCUT2D eigenvalue weighted by atomic mass is 10.1. The van der Waals surface area contributed by atoms with Crippen LogP contribution in [0.4, 0.5) is 0 Å². The van der Waals surface area contributed by atoms with Crippen LogP contribution < -0.4 is 0 Å². The summed E-state index contributed by atoms with van der Waals surface area (Å²) in [5, 5.41) is 13.4. The predicted octanol–water partition coefficient (Wildman–Crippen LogP) is -0.0764. The smallest absolute Gasteiger partial charge is 0.321 e. The summed E-state index contributed by atoms with van der Waals surface area (Å²) in [6.45, 7) is 3.55. The van der Waals surface area contributed by atoms with Crippen LogP contribution in [0.15, 0.2) is 5.10 Å². The van der Waals surface area contributed by atoms with Gasteiger partial charge in [0, 0.05) is 12.3 Å². The zero-order valence-electron chi connectivity index (χ0n) is 6.89. The lowest BCUT2D eigenvalue weighted by molar-refractivity contribution is -0.146. The highest BCUT2D eigenvalue weighted by atomic mass is 16.4. The maximum absolute atomic E-state index is 11.2. The average molecular weight is 170 g/mol. The lowest BCUT2D eigenvalue weighted by Crippen LogP contribution is -2.34. The van der Waals surface area contributed by atoms with Gasteiger partial charge in [-0.3, -0.25) is 9.59 Å². The van der Waals surface area contributed by atoms with E-state index >= 15 is 0 Å². The molecule has 1 rings (SSSR count). The number of amides is 1. The van der Waals surface area contributed by atoms with E-state index in [-0.39, 0.29) is 6.04 Å². The zero-order valence-corrected chi connectivity index (χ0v) is 6.89. The molecular formula is C7H10N2O3. The third-order valence-electron chi connectivity index (χ3n) is 1.59. The molecule has 0 aromatic carbocycles.